The Morgan fingerprint density at radius 3 is 2.35 bits per heavy atom. The number of hydrogen-bond donors (Lipinski definition) is 2. The van der Waals surface area contributed by atoms with Gasteiger partial charge in [0.15, 0.2) is 0 Å². The van der Waals surface area contributed by atoms with Gasteiger partial charge >= 0.3 is 0 Å². The van der Waals surface area contributed by atoms with Gasteiger partial charge in [-0.1, -0.05) is 39.3 Å². The molecule has 0 radical (unpaired) electrons. The van der Waals surface area contributed by atoms with Gasteiger partial charge in [0, 0.05) is 30.9 Å². The van der Waals surface area contributed by atoms with E-state index in [2.05, 4.69) is 17.0 Å². The second-order valence-corrected chi connectivity index (χ2v) is 11.0. The molecule has 1 unspecified atom stereocenters. The van der Waals surface area contributed by atoms with Gasteiger partial charge in [0.2, 0.25) is 5.91 Å². The maximum atomic E-state index is 13.0. The van der Waals surface area contributed by atoms with E-state index in [-0.39, 0.29) is 22.6 Å². The molecule has 1 aliphatic rings. The van der Waals surface area contributed by atoms with Gasteiger partial charge in [-0.25, -0.2) is 8.42 Å². The molecule has 1 heterocycles. The summed E-state index contributed by atoms with van der Waals surface area (Å²) in [5, 5.41) is 2.96. The van der Waals surface area contributed by atoms with E-state index in [4.69, 9.17) is 0 Å². The predicted octanol–water partition coefficient (Wildman–Crippen LogP) is 4.06. The van der Waals surface area contributed by atoms with Crippen LogP contribution in [-0.4, -0.2) is 44.8 Å². The zero-order valence-corrected chi connectivity index (χ0v) is 21.0. The summed E-state index contributed by atoms with van der Waals surface area (Å²) < 4.78 is 28.0. The van der Waals surface area contributed by atoms with Crippen molar-refractivity contribution in [3.63, 3.8) is 0 Å². The zero-order chi connectivity index (χ0) is 24.7. The highest BCUT2D eigenvalue weighted by molar-refractivity contribution is 7.92. The lowest BCUT2D eigenvalue weighted by Gasteiger charge is -2.32. The molecule has 8 heteroatoms. The SMILES string of the molecule is CCCc1ccc(S(=O)(=O)Nc2ccc(C(=O)N3CCCC(C(=O)NCC(C)C)C3)cc2)cc1. The summed E-state index contributed by atoms with van der Waals surface area (Å²) in [5.41, 5.74) is 1.95. The average molecular weight is 486 g/mol. The Morgan fingerprint density at radius 1 is 1.06 bits per heavy atom. The Hall–Kier alpha value is -2.87. The quantitative estimate of drug-likeness (QED) is 0.560. The van der Waals surface area contributed by atoms with Gasteiger partial charge in [0.25, 0.3) is 15.9 Å². The highest BCUT2D eigenvalue weighted by Gasteiger charge is 2.29. The normalized spacial score (nSPS) is 16.4. The summed E-state index contributed by atoms with van der Waals surface area (Å²) in [6.07, 6.45) is 3.46. The summed E-state index contributed by atoms with van der Waals surface area (Å²) in [4.78, 5) is 27.3. The second-order valence-electron chi connectivity index (χ2n) is 9.31. The fourth-order valence-corrected chi connectivity index (χ4v) is 5.08. The zero-order valence-electron chi connectivity index (χ0n) is 20.2. The monoisotopic (exact) mass is 485 g/mol. The smallest absolute Gasteiger partial charge is 0.261 e. The van der Waals surface area contributed by atoms with Crippen molar-refractivity contribution in [3.8, 4) is 0 Å². The maximum Gasteiger partial charge on any atom is 0.261 e. The molecule has 0 spiro atoms. The van der Waals surface area contributed by atoms with Gasteiger partial charge in [0.1, 0.15) is 0 Å². The van der Waals surface area contributed by atoms with Gasteiger partial charge in [-0.15, -0.1) is 0 Å². The lowest BCUT2D eigenvalue weighted by atomic mass is 9.96. The van der Waals surface area contributed by atoms with Crippen LogP contribution in [0.25, 0.3) is 0 Å². The number of benzene rings is 2. The van der Waals surface area contributed by atoms with E-state index in [1.165, 1.54) is 0 Å². The van der Waals surface area contributed by atoms with Crippen molar-refractivity contribution in [2.75, 3.05) is 24.4 Å². The number of carbonyl (C=O) groups excluding carboxylic acids is 2. The molecule has 2 amide bonds. The van der Waals surface area contributed by atoms with Crippen LogP contribution in [0.15, 0.2) is 53.4 Å². The third-order valence-corrected chi connectivity index (χ3v) is 7.32. The Bertz CT molecular complexity index is 1080. The number of carbonyl (C=O) groups is 2. The number of likely N-dealkylation sites (tertiary alicyclic amines) is 1. The molecule has 1 atom stereocenters. The van der Waals surface area contributed by atoms with Crippen molar-refractivity contribution >= 4 is 27.5 Å². The molecule has 3 rings (SSSR count). The number of anilines is 1. The third kappa shape index (κ3) is 6.82. The molecule has 7 nitrogen and oxygen atoms in total. The molecule has 0 bridgehead atoms. The molecular weight excluding hydrogens is 450 g/mol. The van der Waals surface area contributed by atoms with E-state index in [9.17, 15) is 18.0 Å². The van der Waals surface area contributed by atoms with E-state index >= 15 is 0 Å². The number of hydrogen-bond acceptors (Lipinski definition) is 4. The lowest BCUT2D eigenvalue weighted by Crippen LogP contribution is -2.46. The van der Waals surface area contributed by atoms with Crippen LogP contribution in [0.4, 0.5) is 5.69 Å². The highest BCUT2D eigenvalue weighted by atomic mass is 32.2. The van der Waals surface area contributed by atoms with Gasteiger partial charge < -0.3 is 10.2 Å². The molecule has 0 aromatic heterocycles. The molecule has 34 heavy (non-hydrogen) atoms. The number of nitrogens with zero attached hydrogens (tertiary/aromatic N) is 1. The van der Waals surface area contributed by atoms with Gasteiger partial charge in [-0.05, 0) is 67.1 Å². The molecule has 2 aromatic carbocycles. The molecule has 2 N–H and O–H groups in total. The summed E-state index contributed by atoms with van der Waals surface area (Å²) in [6, 6.07) is 13.3. The molecule has 2 aromatic rings. The fraction of sp³-hybridized carbons (Fsp3) is 0.462. The molecule has 1 fully saturated rings. The molecule has 184 valence electrons. The third-order valence-electron chi connectivity index (χ3n) is 5.92. The number of aryl methyl sites for hydroxylation is 1. The highest BCUT2D eigenvalue weighted by Crippen LogP contribution is 2.21. The summed E-state index contributed by atoms with van der Waals surface area (Å²) in [6.45, 7) is 7.80. The van der Waals surface area contributed by atoms with Gasteiger partial charge in [-0.2, -0.15) is 0 Å². The summed E-state index contributed by atoms with van der Waals surface area (Å²) >= 11 is 0. The standard InChI is InChI=1S/C26H35N3O4S/c1-4-6-20-8-14-24(15-9-20)34(32,33)28-23-12-10-21(11-13-23)26(31)29-16-5-7-22(18-29)25(30)27-17-19(2)3/h8-15,19,22,28H,4-7,16-18H2,1-3H3,(H,27,30). The first kappa shape index (κ1) is 25.7. The molecular formula is C26H35N3O4S. The van der Waals surface area contributed by atoms with Crippen LogP contribution in [0.1, 0.15) is 56.0 Å². The molecule has 0 saturated carbocycles. The van der Waals surface area contributed by atoms with Crippen molar-refractivity contribution in [1.29, 1.82) is 0 Å². The number of piperidine rings is 1. The molecule has 1 aliphatic heterocycles. The van der Waals surface area contributed by atoms with Crippen LogP contribution < -0.4 is 10.0 Å². The van der Waals surface area contributed by atoms with Crippen LogP contribution >= 0.6 is 0 Å². The largest absolute Gasteiger partial charge is 0.356 e. The van der Waals surface area contributed by atoms with Crippen molar-refractivity contribution in [2.24, 2.45) is 11.8 Å². The predicted molar refractivity (Wildman–Crippen MR) is 134 cm³/mol. The number of rotatable bonds is 9. The van der Waals surface area contributed by atoms with Crippen molar-refractivity contribution in [1.82, 2.24) is 10.2 Å². The van der Waals surface area contributed by atoms with Crippen LogP contribution in [0.5, 0.6) is 0 Å². The maximum absolute atomic E-state index is 13.0. The van der Waals surface area contributed by atoms with Gasteiger partial charge in [-0.3, -0.25) is 14.3 Å². The molecule has 0 aliphatic carbocycles. The van der Waals surface area contributed by atoms with Gasteiger partial charge in [0.05, 0.1) is 10.8 Å². The number of amides is 2. The van der Waals surface area contributed by atoms with Crippen LogP contribution in [0, 0.1) is 11.8 Å². The van der Waals surface area contributed by atoms with Crippen molar-refractivity contribution < 1.29 is 18.0 Å². The fourth-order valence-electron chi connectivity index (χ4n) is 4.03. The Labute approximate surface area is 203 Å². The van der Waals surface area contributed by atoms with E-state index < -0.39 is 10.0 Å². The topological polar surface area (TPSA) is 95.6 Å². The Kier molecular flexibility index (Phi) is 8.72. The summed E-state index contributed by atoms with van der Waals surface area (Å²) in [7, 11) is -3.72. The number of nitrogens with one attached hydrogen (secondary N) is 2. The number of sulfonamides is 1. The average Bonchev–Trinajstić information content (AvgIpc) is 2.83. The first-order chi connectivity index (χ1) is 16.2. The van der Waals surface area contributed by atoms with Crippen LogP contribution in [-0.2, 0) is 21.2 Å². The van der Waals surface area contributed by atoms with Crippen molar-refractivity contribution in [2.45, 2.75) is 51.3 Å². The minimum absolute atomic E-state index is 0.00122. The second kappa shape index (κ2) is 11.5. The van der Waals surface area contributed by atoms with Crippen LogP contribution in [0.3, 0.4) is 0 Å². The van der Waals surface area contributed by atoms with E-state index in [0.29, 0.717) is 36.8 Å². The molecule has 1 saturated heterocycles. The van der Waals surface area contributed by atoms with E-state index in [0.717, 1.165) is 31.2 Å². The first-order valence-corrected chi connectivity index (χ1v) is 13.5. The van der Waals surface area contributed by atoms with Crippen molar-refractivity contribution in [3.05, 3.63) is 59.7 Å². The lowest BCUT2D eigenvalue weighted by molar-refractivity contribution is -0.126. The minimum atomic E-state index is -3.72. The minimum Gasteiger partial charge on any atom is -0.356 e. The van der Waals surface area contributed by atoms with E-state index in [1.807, 2.05) is 26.0 Å². The van der Waals surface area contributed by atoms with Crippen LogP contribution in [0.2, 0.25) is 0 Å². The van der Waals surface area contributed by atoms with E-state index in [1.54, 1.807) is 41.3 Å². The summed E-state index contributed by atoms with van der Waals surface area (Å²) in [5.74, 6) is 0.0221. The Morgan fingerprint density at radius 2 is 1.74 bits per heavy atom. The Balaban J connectivity index is 1.62. The first-order valence-electron chi connectivity index (χ1n) is 12.0.